The van der Waals surface area contributed by atoms with Crippen molar-refractivity contribution in [3.05, 3.63) is 70.8 Å². The van der Waals surface area contributed by atoms with E-state index in [0.717, 1.165) is 17.5 Å². The van der Waals surface area contributed by atoms with E-state index in [9.17, 15) is 19.2 Å². The SMILES string of the molecule is CCCNC(=O)[C@H](CC)N(Cc1ccc(C)cc1)C(=O)CCCN1C(=O)c2ccccc2C1=O. The molecule has 1 aliphatic rings. The van der Waals surface area contributed by atoms with Gasteiger partial charge in [-0.15, -0.1) is 0 Å². The first-order valence-electron chi connectivity index (χ1n) is 11.9. The molecule has 0 unspecified atom stereocenters. The van der Waals surface area contributed by atoms with E-state index in [4.69, 9.17) is 0 Å². The van der Waals surface area contributed by atoms with E-state index >= 15 is 0 Å². The van der Waals surface area contributed by atoms with Crippen LogP contribution in [0.15, 0.2) is 48.5 Å². The minimum atomic E-state index is -0.584. The summed E-state index contributed by atoms with van der Waals surface area (Å²) < 4.78 is 0. The lowest BCUT2D eigenvalue weighted by Crippen LogP contribution is -2.49. The van der Waals surface area contributed by atoms with Gasteiger partial charge in [-0.2, -0.15) is 0 Å². The summed E-state index contributed by atoms with van der Waals surface area (Å²) in [5, 5.41) is 2.91. The standard InChI is InChI=1S/C27H33N3O4/c1-4-16-28-25(32)23(5-2)30(18-20-14-12-19(3)13-15-20)24(31)11-8-17-29-26(33)21-9-6-7-10-22(21)27(29)34/h6-7,9-10,12-15,23H,4-5,8,11,16-18H2,1-3H3,(H,28,32)/t23-/m0/s1. The molecule has 0 saturated carbocycles. The second-order valence-corrected chi connectivity index (χ2v) is 8.63. The molecule has 0 radical (unpaired) electrons. The Kier molecular flexibility index (Phi) is 8.57. The van der Waals surface area contributed by atoms with Crippen molar-refractivity contribution in [1.29, 1.82) is 0 Å². The van der Waals surface area contributed by atoms with Crippen LogP contribution in [0.3, 0.4) is 0 Å². The Morgan fingerprint density at radius 1 is 0.971 bits per heavy atom. The highest BCUT2D eigenvalue weighted by molar-refractivity contribution is 6.21. The van der Waals surface area contributed by atoms with Crippen molar-refractivity contribution in [3.8, 4) is 0 Å². The van der Waals surface area contributed by atoms with Gasteiger partial charge in [-0.3, -0.25) is 24.1 Å². The Morgan fingerprint density at radius 3 is 2.15 bits per heavy atom. The molecule has 4 amide bonds. The lowest BCUT2D eigenvalue weighted by atomic mass is 10.1. The molecule has 34 heavy (non-hydrogen) atoms. The van der Waals surface area contributed by atoms with Crippen molar-refractivity contribution in [1.82, 2.24) is 15.1 Å². The Bertz CT molecular complexity index is 1010. The molecule has 3 rings (SSSR count). The largest absolute Gasteiger partial charge is 0.354 e. The Labute approximate surface area is 201 Å². The van der Waals surface area contributed by atoms with Gasteiger partial charge in [0, 0.05) is 26.1 Å². The molecular weight excluding hydrogens is 430 g/mol. The quantitative estimate of drug-likeness (QED) is 0.515. The van der Waals surface area contributed by atoms with Gasteiger partial charge in [-0.05, 0) is 43.9 Å². The topological polar surface area (TPSA) is 86.8 Å². The zero-order chi connectivity index (χ0) is 24.7. The van der Waals surface area contributed by atoms with E-state index in [-0.39, 0.29) is 36.6 Å². The molecular formula is C27H33N3O4. The molecule has 2 aromatic carbocycles. The van der Waals surface area contributed by atoms with Crippen molar-refractivity contribution in [2.75, 3.05) is 13.1 Å². The van der Waals surface area contributed by atoms with E-state index in [2.05, 4.69) is 5.32 Å². The molecule has 1 heterocycles. The Balaban J connectivity index is 1.69. The van der Waals surface area contributed by atoms with Crippen LogP contribution in [0, 0.1) is 6.92 Å². The van der Waals surface area contributed by atoms with Crippen molar-refractivity contribution < 1.29 is 19.2 Å². The molecule has 1 atom stereocenters. The van der Waals surface area contributed by atoms with Crippen molar-refractivity contribution in [3.63, 3.8) is 0 Å². The highest BCUT2D eigenvalue weighted by atomic mass is 16.2. The maximum Gasteiger partial charge on any atom is 0.261 e. The fourth-order valence-corrected chi connectivity index (χ4v) is 4.15. The number of benzene rings is 2. The van der Waals surface area contributed by atoms with E-state index in [1.807, 2.05) is 45.0 Å². The molecule has 0 fully saturated rings. The van der Waals surface area contributed by atoms with E-state index in [1.54, 1.807) is 29.2 Å². The van der Waals surface area contributed by atoms with Gasteiger partial charge in [0.1, 0.15) is 6.04 Å². The molecule has 0 spiro atoms. The fourth-order valence-electron chi connectivity index (χ4n) is 4.15. The van der Waals surface area contributed by atoms with Crippen molar-refractivity contribution in [2.24, 2.45) is 0 Å². The number of nitrogens with one attached hydrogen (secondary N) is 1. The number of nitrogens with zero attached hydrogens (tertiary/aromatic N) is 2. The first kappa shape index (κ1) is 25.1. The number of hydrogen-bond acceptors (Lipinski definition) is 4. The molecule has 7 nitrogen and oxygen atoms in total. The van der Waals surface area contributed by atoms with Gasteiger partial charge in [-0.1, -0.05) is 55.8 Å². The molecule has 2 aromatic rings. The van der Waals surface area contributed by atoms with Gasteiger partial charge in [0.05, 0.1) is 11.1 Å². The molecule has 0 aromatic heterocycles. The predicted molar refractivity (Wildman–Crippen MR) is 130 cm³/mol. The van der Waals surface area contributed by atoms with Crippen LogP contribution in [-0.2, 0) is 16.1 Å². The summed E-state index contributed by atoms with van der Waals surface area (Å²) >= 11 is 0. The molecule has 0 bridgehead atoms. The lowest BCUT2D eigenvalue weighted by Gasteiger charge is -2.31. The van der Waals surface area contributed by atoms with Gasteiger partial charge in [0.2, 0.25) is 11.8 Å². The predicted octanol–water partition coefficient (Wildman–Crippen LogP) is 3.70. The number of amides is 4. The van der Waals surface area contributed by atoms with Crippen LogP contribution in [0.4, 0.5) is 0 Å². The summed E-state index contributed by atoms with van der Waals surface area (Å²) in [6, 6.07) is 14.1. The van der Waals surface area contributed by atoms with Crippen LogP contribution in [-0.4, -0.2) is 52.6 Å². The smallest absolute Gasteiger partial charge is 0.261 e. The molecule has 0 aliphatic carbocycles. The minimum Gasteiger partial charge on any atom is -0.354 e. The number of fused-ring (bicyclic) bond motifs is 1. The van der Waals surface area contributed by atoms with Crippen LogP contribution in [0.2, 0.25) is 0 Å². The number of aryl methyl sites for hydroxylation is 1. The average Bonchev–Trinajstić information content (AvgIpc) is 3.08. The summed E-state index contributed by atoms with van der Waals surface area (Å²) in [6.07, 6.45) is 1.78. The zero-order valence-corrected chi connectivity index (χ0v) is 20.2. The normalized spacial score (nSPS) is 13.6. The molecule has 1 N–H and O–H groups in total. The summed E-state index contributed by atoms with van der Waals surface area (Å²) in [7, 11) is 0. The number of hydrogen-bond donors (Lipinski definition) is 1. The fraction of sp³-hybridized carbons (Fsp3) is 0.407. The van der Waals surface area contributed by atoms with E-state index in [0.29, 0.717) is 37.1 Å². The van der Waals surface area contributed by atoms with Gasteiger partial charge < -0.3 is 10.2 Å². The second-order valence-electron chi connectivity index (χ2n) is 8.63. The first-order chi connectivity index (χ1) is 16.4. The molecule has 0 saturated heterocycles. The summed E-state index contributed by atoms with van der Waals surface area (Å²) in [5.41, 5.74) is 2.87. The Hall–Kier alpha value is -3.48. The summed E-state index contributed by atoms with van der Waals surface area (Å²) in [4.78, 5) is 54.1. The van der Waals surface area contributed by atoms with Gasteiger partial charge in [0.15, 0.2) is 0 Å². The third kappa shape index (κ3) is 5.71. The monoisotopic (exact) mass is 463 g/mol. The van der Waals surface area contributed by atoms with Crippen molar-refractivity contribution in [2.45, 2.75) is 59.0 Å². The molecule has 180 valence electrons. The Morgan fingerprint density at radius 2 is 1.59 bits per heavy atom. The minimum absolute atomic E-state index is 0.136. The van der Waals surface area contributed by atoms with Crippen molar-refractivity contribution >= 4 is 23.6 Å². The van der Waals surface area contributed by atoms with E-state index in [1.165, 1.54) is 4.90 Å². The van der Waals surface area contributed by atoms with Crippen LogP contribution in [0.5, 0.6) is 0 Å². The van der Waals surface area contributed by atoms with Gasteiger partial charge >= 0.3 is 0 Å². The summed E-state index contributed by atoms with van der Waals surface area (Å²) in [5.74, 6) is -0.981. The van der Waals surface area contributed by atoms with Crippen LogP contribution in [0.25, 0.3) is 0 Å². The van der Waals surface area contributed by atoms with E-state index < -0.39 is 6.04 Å². The third-order valence-corrected chi connectivity index (χ3v) is 6.06. The number of rotatable bonds is 11. The van der Waals surface area contributed by atoms with Gasteiger partial charge in [0.25, 0.3) is 11.8 Å². The second kappa shape index (κ2) is 11.6. The number of carbonyl (C=O) groups excluding carboxylic acids is 4. The highest BCUT2D eigenvalue weighted by Crippen LogP contribution is 2.23. The highest BCUT2D eigenvalue weighted by Gasteiger charge is 2.35. The van der Waals surface area contributed by atoms with Crippen LogP contribution in [0.1, 0.15) is 71.4 Å². The molecule has 1 aliphatic heterocycles. The maximum atomic E-state index is 13.3. The first-order valence-corrected chi connectivity index (χ1v) is 11.9. The summed E-state index contributed by atoms with van der Waals surface area (Å²) in [6.45, 7) is 6.92. The van der Waals surface area contributed by atoms with Crippen LogP contribution >= 0.6 is 0 Å². The zero-order valence-electron chi connectivity index (χ0n) is 20.2. The number of imide groups is 1. The maximum absolute atomic E-state index is 13.3. The number of carbonyl (C=O) groups is 4. The molecule has 7 heteroatoms. The lowest BCUT2D eigenvalue weighted by molar-refractivity contribution is -0.141. The average molecular weight is 464 g/mol. The van der Waals surface area contributed by atoms with Gasteiger partial charge in [-0.25, -0.2) is 0 Å². The third-order valence-electron chi connectivity index (χ3n) is 6.06. The van der Waals surface area contributed by atoms with Crippen LogP contribution < -0.4 is 5.32 Å².